The van der Waals surface area contributed by atoms with Gasteiger partial charge in [0, 0.05) is 43.4 Å². The fourth-order valence-electron chi connectivity index (χ4n) is 6.18. The molecule has 6 heteroatoms. The molecular formula is C39H38N4O2. The number of rotatable bonds is 10. The van der Waals surface area contributed by atoms with Gasteiger partial charge in [-0.05, 0) is 71.7 Å². The summed E-state index contributed by atoms with van der Waals surface area (Å²) in [6.45, 7) is 2.11. The summed E-state index contributed by atoms with van der Waals surface area (Å²) in [7, 11) is 0. The molecule has 1 fully saturated rings. The van der Waals surface area contributed by atoms with Gasteiger partial charge in [0.25, 0.3) is 5.91 Å². The number of hydrogen-bond acceptors (Lipinski definition) is 4. The number of amides is 2. The Morgan fingerprint density at radius 2 is 1.38 bits per heavy atom. The van der Waals surface area contributed by atoms with Crippen LogP contribution in [-0.2, 0) is 17.8 Å². The second-order valence-electron chi connectivity index (χ2n) is 11.6. The van der Waals surface area contributed by atoms with Crippen molar-refractivity contribution in [2.75, 3.05) is 23.3 Å². The molecule has 0 atom stereocenters. The van der Waals surface area contributed by atoms with Crippen LogP contribution >= 0.6 is 0 Å². The standard InChI is InChI=1S/C39H38N4O2/c44-38(41-28-31-13-10-22-40-27-31)35-26-34(42-39(45)37(32-14-6-2-7-15-32)33-16-8-3-9-17-33)18-19-36(35)43-23-20-30(21-24-43)25-29-11-4-1-5-12-29/h1-19,22,26-27,30,37H,20-21,23-25,28H2,(H,41,44)(H,42,45). The normalized spacial score (nSPS) is 13.4. The van der Waals surface area contributed by atoms with Crippen molar-refractivity contribution in [2.24, 2.45) is 5.92 Å². The van der Waals surface area contributed by atoms with Crippen LogP contribution in [0.1, 0.15) is 51.4 Å². The molecule has 45 heavy (non-hydrogen) atoms. The van der Waals surface area contributed by atoms with Gasteiger partial charge in [-0.3, -0.25) is 14.6 Å². The molecular weight excluding hydrogens is 556 g/mol. The first kappa shape index (κ1) is 29.8. The van der Waals surface area contributed by atoms with E-state index >= 15 is 0 Å². The van der Waals surface area contributed by atoms with Crippen LogP contribution in [0.2, 0.25) is 0 Å². The van der Waals surface area contributed by atoms with Crippen LogP contribution in [0.15, 0.2) is 134 Å². The summed E-state index contributed by atoms with van der Waals surface area (Å²) in [6, 6.07) is 39.7. The average Bonchev–Trinajstić information content (AvgIpc) is 3.09. The monoisotopic (exact) mass is 594 g/mol. The van der Waals surface area contributed by atoms with Crippen molar-refractivity contribution < 1.29 is 9.59 Å². The maximum atomic E-state index is 13.8. The Balaban J connectivity index is 1.23. The molecule has 0 spiro atoms. The summed E-state index contributed by atoms with van der Waals surface area (Å²) in [5.41, 5.74) is 6.14. The largest absolute Gasteiger partial charge is 0.371 e. The fourth-order valence-corrected chi connectivity index (χ4v) is 6.18. The maximum absolute atomic E-state index is 13.8. The number of carbonyl (C=O) groups is 2. The molecule has 2 heterocycles. The molecule has 1 aliphatic heterocycles. The summed E-state index contributed by atoms with van der Waals surface area (Å²) in [5.74, 6) is -0.209. The van der Waals surface area contributed by atoms with E-state index in [4.69, 9.17) is 0 Å². The van der Waals surface area contributed by atoms with Crippen LogP contribution in [0.25, 0.3) is 0 Å². The number of aromatic nitrogens is 1. The third-order valence-electron chi connectivity index (χ3n) is 8.53. The molecule has 2 N–H and O–H groups in total. The minimum absolute atomic E-state index is 0.149. The molecule has 0 bridgehead atoms. The highest BCUT2D eigenvalue weighted by Gasteiger charge is 2.26. The Labute approximate surface area is 265 Å². The van der Waals surface area contributed by atoms with E-state index in [2.05, 4.69) is 50.8 Å². The van der Waals surface area contributed by atoms with Crippen molar-refractivity contribution in [3.05, 3.63) is 162 Å². The number of anilines is 2. The zero-order chi connectivity index (χ0) is 30.8. The Kier molecular flexibility index (Phi) is 9.61. The fraction of sp³-hybridized carbons (Fsp3) is 0.205. The van der Waals surface area contributed by atoms with Crippen molar-refractivity contribution in [1.82, 2.24) is 10.3 Å². The van der Waals surface area contributed by atoms with Crippen molar-refractivity contribution in [3.8, 4) is 0 Å². The molecule has 1 aliphatic rings. The van der Waals surface area contributed by atoms with Crippen molar-refractivity contribution in [2.45, 2.75) is 31.7 Å². The van der Waals surface area contributed by atoms with E-state index < -0.39 is 5.92 Å². The van der Waals surface area contributed by atoms with Crippen LogP contribution in [0.4, 0.5) is 11.4 Å². The van der Waals surface area contributed by atoms with E-state index in [1.165, 1.54) is 5.56 Å². The molecule has 1 saturated heterocycles. The first-order valence-electron chi connectivity index (χ1n) is 15.6. The summed E-state index contributed by atoms with van der Waals surface area (Å²) >= 11 is 0. The van der Waals surface area contributed by atoms with E-state index in [0.29, 0.717) is 23.7 Å². The van der Waals surface area contributed by atoms with E-state index in [9.17, 15) is 9.59 Å². The quantitative estimate of drug-likeness (QED) is 0.179. The van der Waals surface area contributed by atoms with Gasteiger partial charge in [-0.1, -0.05) is 97.1 Å². The van der Waals surface area contributed by atoms with E-state index in [1.54, 1.807) is 12.4 Å². The molecule has 6 nitrogen and oxygen atoms in total. The van der Waals surface area contributed by atoms with Gasteiger partial charge in [0.2, 0.25) is 5.91 Å². The maximum Gasteiger partial charge on any atom is 0.253 e. The number of carbonyl (C=O) groups excluding carboxylic acids is 2. The Bertz CT molecular complexity index is 1650. The molecule has 5 aromatic rings. The van der Waals surface area contributed by atoms with Gasteiger partial charge in [0.05, 0.1) is 11.5 Å². The number of piperidine rings is 1. The van der Waals surface area contributed by atoms with Crippen LogP contribution in [0.5, 0.6) is 0 Å². The third kappa shape index (κ3) is 7.65. The van der Waals surface area contributed by atoms with Crippen molar-refractivity contribution in [1.29, 1.82) is 0 Å². The lowest BCUT2D eigenvalue weighted by atomic mass is 9.89. The first-order valence-corrected chi connectivity index (χ1v) is 15.6. The summed E-state index contributed by atoms with van der Waals surface area (Å²) in [6.07, 6.45) is 6.65. The first-order chi connectivity index (χ1) is 22.1. The van der Waals surface area contributed by atoms with E-state index in [0.717, 1.165) is 54.7 Å². The van der Waals surface area contributed by atoms with Crippen LogP contribution in [0, 0.1) is 5.92 Å². The van der Waals surface area contributed by atoms with E-state index in [1.807, 2.05) is 91.0 Å². The summed E-state index contributed by atoms with van der Waals surface area (Å²) in [5, 5.41) is 6.20. The van der Waals surface area contributed by atoms with Gasteiger partial charge in [0.1, 0.15) is 0 Å². The molecule has 2 amide bonds. The van der Waals surface area contributed by atoms with Crippen LogP contribution < -0.4 is 15.5 Å². The van der Waals surface area contributed by atoms with Gasteiger partial charge >= 0.3 is 0 Å². The highest BCUT2D eigenvalue weighted by atomic mass is 16.2. The molecule has 4 aromatic carbocycles. The molecule has 226 valence electrons. The van der Waals surface area contributed by atoms with Gasteiger partial charge in [-0.15, -0.1) is 0 Å². The number of pyridine rings is 1. The molecule has 6 rings (SSSR count). The van der Waals surface area contributed by atoms with Gasteiger partial charge < -0.3 is 15.5 Å². The zero-order valence-corrected chi connectivity index (χ0v) is 25.3. The lowest BCUT2D eigenvalue weighted by Crippen LogP contribution is -2.36. The lowest BCUT2D eigenvalue weighted by molar-refractivity contribution is -0.116. The van der Waals surface area contributed by atoms with Crippen molar-refractivity contribution >= 4 is 23.2 Å². The molecule has 1 aromatic heterocycles. The predicted octanol–water partition coefficient (Wildman–Crippen LogP) is 7.24. The Morgan fingerprint density at radius 3 is 2.00 bits per heavy atom. The predicted molar refractivity (Wildman–Crippen MR) is 180 cm³/mol. The summed E-state index contributed by atoms with van der Waals surface area (Å²) < 4.78 is 0. The van der Waals surface area contributed by atoms with Crippen molar-refractivity contribution in [3.63, 3.8) is 0 Å². The zero-order valence-electron chi connectivity index (χ0n) is 25.3. The molecule has 0 radical (unpaired) electrons. The van der Waals surface area contributed by atoms with E-state index in [-0.39, 0.29) is 11.8 Å². The van der Waals surface area contributed by atoms with Gasteiger partial charge in [0.15, 0.2) is 0 Å². The highest BCUT2D eigenvalue weighted by molar-refractivity contribution is 6.03. The smallest absolute Gasteiger partial charge is 0.253 e. The molecule has 0 saturated carbocycles. The molecule has 0 aliphatic carbocycles. The number of nitrogens with zero attached hydrogens (tertiary/aromatic N) is 2. The van der Waals surface area contributed by atoms with Gasteiger partial charge in [-0.25, -0.2) is 0 Å². The number of hydrogen-bond donors (Lipinski definition) is 2. The third-order valence-corrected chi connectivity index (χ3v) is 8.53. The number of benzene rings is 4. The minimum Gasteiger partial charge on any atom is -0.371 e. The average molecular weight is 595 g/mol. The Morgan fingerprint density at radius 1 is 0.756 bits per heavy atom. The SMILES string of the molecule is O=C(NCc1cccnc1)c1cc(NC(=O)C(c2ccccc2)c2ccccc2)ccc1N1CCC(Cc2ccccc2)CC1. The molecule has 0 unspecified atom stereocenters. The van der Waals surface area contributed by atoms with Gasteiger partial charge in [-0.2, -0.15) is 0 Å². The minimum atomic E-state index is -0.487. The summed E-state index contributed by atoms with van der Waals surface area (Å²) in [4.78, 5) is 34.1. The lowest BCUT2D eigenvalue weighted by Gasteiger charge is -2.35. The second-order valence-corrected chi connectivity index (χ2v) is 11.6. The highest BCUT2D eigenvalue weighted by Crippen LogP contribution is 2.32. The second kappa shape index (κ2) is 14.5. The van der Waals surface area contributed by atoms with Crippen LogP contribution in [-0.4, -0.2) is 29.9 Å². The Hall–Kier alpha value is -5.23. The van der Waals surface area contributed by atoms with Crippen LogP contribution in [0.3, 0.4) is 0 Å². The topological polar surface area (TPSA) is 74.3 Å². The number of nitrogens with one attached hydrogen (secondary N) is 2.